The predicted octanol–water partition coefficient (Wildman–Crippen LogP) is 0.604. The molecule has 3 rings (SSSR count). The van der Waals surface area contributed by atoms with Crippen molar-refractivity contribution < 1.29 is 47.9 Å². The summed E-state index contributed by atoms with van der Waals surface area (Å²) in [6.07, 6.45) is 1.59. The van der Waals surface area contributed by atoms with Crippen molar-refractivity contribution in [3.8, 4) is 17.2 Å². The van der Waals surface area contributed by atoms with Crippen LogP contribution in [0.15, 0.2) is 64.6 Å². The van der Waals surface area contributed by atoms with Crippen LogP contribution >= 0.6 is 0 Å². The maximum Gasteiger partial charge on any atom is 0.291 e. The van der Waals surface area contributed by atoms with E-state index in [4.69, 9.17) is 13.3 Å². The third kappa shape index (κ3) is 6.44. The van der Waals surface area contributed by atoms with Crippen molar-refractivity contribution in [3.63, 3.8) is 0 Å². The Labute approximate surface area is 257 Å². The number of carbonyl (C=O) groups is 3. The molecular formula is C28H30N4O14. The minimum absolute atomic E-state index is 0.277. The van der Waals surface area contributed by atoms with Gasteiger partial charge in [0, 0.05) is 23.1 Å². The number of nitro groups is 1. The van der Waals surface area contributed by atoms with Gasteiger partial charge in [0.2, 0.25) is 50.8 Å². The van der Waals surface area contributed by atoms with Gasteiger partial charge in [0.05, 0.1) is 18.8 Å². The Bertz CT molecular complexity index is 1610. The lowest BCUT2D eigenvalue weighted by Crippen LogP contribution is -2.75. The monoisotopic (exact) mass is 646 g/mol. The van der Waals surface area contributed by atoms with Crippen LogP contribution in [-0.4, -0.2) is 61.6 Å². The Hall–Kier alpha value is -5.94. The van der Waals surface area contributed by atoms with Crippen LogP contribution in [0.1, 0.15) is 71.7 Å². The van der Waals surface area contributed by atoms with Crippen LogP contribution in [0, 0.1) is 10.1 Å². The zero-order chi connectivity index (χ0) is 34.3. The lowest BCUT2D eigenvalue weighted by Gasteiger charge is -2.43. The fourth-order valence-electron chi connectivity index (χ4n) is 5.13. The highest BCUT2D eigenvalue weighted by Gasteiger charge is 2.62. The number of nitrogens with zero attached hydrogens (tertiary/aromatic N) is 1. The predicted molar refractivity (Wildman–Crippen MR) is 154 cm³/mol. The summed E-state index contributed by atoms with van der Waals surface area (Å²) in [5.41, 5.74) is -5.60. The molecular weight excluding hydrogens is 616 g/mol. The number of aromatic hydroxyl groups is 3. The second-order valence-corrected chi connectivity index (χ2v) is 9.84. The molecule has 6 N–H and O–H groups in total. The normalized spacial score (nSPS) is 14.2. The van der Waals surface area contributed by atoms with Gasteiger partial charge in [-0.3, -0.25) is 38.9 Å². The molecule has 18 heteroatoms. The van der Waals surface area contributed by atoms with Gasteiger partial charge >= 0.3 is 0 Å². The first kappa shape index (κ1) is 34.5. The highest BCUT2D eigenvalue weighted by atomic mass is 16.6. The minimum atomic E-state index is -2.63. The van der Waals surface area contributed by atoms with Gasteiger partial charge in [0.15, 0.2) is 0 Å². The molecule has 3 atom stereocenters. The van der Waals surface area contributed by atoms with Crippen molar-refractivity contribution in [2.45, 2.75) is 63.7 Å². The second-order valence-electron chi connectivity index (χ2n) is 9.84. The van der Waals surface area contributed by atoms with Crippen LogP contribution in [0.4, 0.5) is 0 Å². The number of nitrogens with one attached hydrogen (secondary N) is 3. The van der Waals surface area contributed by atoms with Crippen molar-refractivity contribution in [1.29, 1.82) is 0 Å². The van der Waals surface area contributed by atoms with Crippen LogP contribution in [0.5, 0.6) is 17.2 Å². The zero-order valence-electron chi connectivity index (χ0n) is 24.6. The number of hydrogen-bond acceptors (Lipinski definition) is 14. The van der Waals surface area contributed by atoms with Gasteiger partial charge in [0.1, 0.15) is 18.1 Å². The van der Waals surface area contributed by atoms with Crippen LogP contribution < -0.4 is 32.2 Å². The van der Waals surface area contributed by atoms with Crippen molar-refractivity contribution >= 4 is 17.7 Å². The fraction of sp³-hybridized carbons (Fsp3) is 0.357. The molecule has 3 amide bonds. The summed E-state index contributed by atoms with van der Waals surface area (Å²) in [6.45, 7) is 4.24. The Morgan fingerprint density at radius 3 is 1.15 bits per heavy atom. The molecule has 3 unspecified atom stereocenters. The molecule has 0 fully saturated rings. The molecule has 0 aliphatic carbocycles. The third-order valence-corrected chi connectivity index (χ3v) is 7.31. The summed E-state index contributed by atoms with van der Waals surface area (Å²) in [6, 6.07) is -2.48. The van der Waals surface area contributed by atoms with E-state index in [1.807, 2.05) is 0 Å². The lowest BCUT2D eigenvalue weighted by atomic mass is 9.73. The van der Waals surface area contributed by atoms with E-state index < -0.39 is 97.1 Å². The number of amides is 3. The van der Waals surface area contributed by atoms with E-state index in [1.165, 1.54) is 20.8 Å². The molecule has 3 aromatic rings. The van der Waals surface area contributed by atoms with Crippen molar-refractivity contribution in [2.75, 3.05) is 0 Å². The molecule has 0 aliphatic rings. The number of carbonyl (C=O) groups excluding carboxylic acids is 3. The summed E-state index contributed by atoms with van der Waals surface area (Å²) in [7, 11) is 0. The largest absolute Gasteiger partial charge is 0.501 e. The number of hydrogen-bond donors (Lipinski definition) is 6. The Morgan fingerprint density at radius 2 is 0.935 bits per heavy atom. The van der Waals surface area contributed by atoms with Gasteiger partial charge in [-0.05, 0) is 19.3 Å². The maximum absolute atomic E-state index is 13.3. The first-order chi connectivity index (χ1) is 21.8. The standard InChI is InChI=1S/C28H30N4O14/c1-4-16(29-25(39)22-19(36)13(33)7-10-44-22)28(32(42)43,17(5-2)30-26(40)23-20(37)14(34)8-11-45-23)18(6-3)31-27(41)24-21(38)15(35)9-12-46-24/h7-12,16-18,36-38H,4-6H2,1-3H3,(H,29,39)(H,30,40)(H,31,41). The van der Waals surface area contributed by atoms with Crippen LogP contribution in [-0.2, 0) is 0 Å². The second kappa shape index (κ2) is 14.2. The zero-order valence-corrected chi connectivity index (χ0v) is 24.6. The maximum atomic E-state index is 13.3. The van der Waals surface area contributed by atoms with E-state index in [2.05, 4.69) is 16.0 Å². The molecule has 0 aromatic carbocycles. The highest BCUT2D eigenvalue weighted by molar-refractivity contribution is 5.95. The van der Waals surface area contributed by atoms with E-state index >= 15 is 0 Å². The quantitative estimate of drug-likeness (QED) is 0.110. The van der Waals surface area contributed by atoms with Crippen LogP contribution in [0.25, 0.3) is 0 Å². The van der Waals surface area contributed by atoms with Crippen LogP contribution in [0.3, 0.4) is 0 Å². The summed E-state index contributed by atoms with van der Waals surface area (Å²) >= 11 is 0. The van der Waals surface area contributed by atoms with Gasteiger partial charge in [-0.1, -0.05) is 20.8 Å². The number of rotatable bonds is 13. The first-order valence-corrected chi connectivity index (χ1v) is 13.7. The van der Waals surface area contributed by atoms with E-state index in [-0.39, 0.29) is 19.3 Å². The highest BCUT2D eigenvalue weighted by Crippen LogP contribution is 2.32. The van der Waals surface area contributed by atoms with E-state index in [0.29, 0.717) is 0 Å². The molecule has 0 radical (unpaired) electrons. The molecule has 246 valence electrons. The van der Waals surface area contributed by atoms with E-state index in [1.54, 1.807) is 0 Å². The summed E-state index contributed by atoms with van der Waals surface area (Å²) < 4.78 is 14.9. The Morgan fingerprint density at radius 1 is 0.674 bits per heavy atom. The average molecular weight is 647 g/mol. The summed E-state index contributed by atoms with van der Waals surface area (Å²) in [4.78, 5) is 88.0. The van der Waals surface area contributed by atoms with Gasteiger partial charge in [-0.25, -0.2) is 0 Å². The van der Waals surface area contributed by atoms with Crippen molar-refractivity contribution in [1.82, 2.24) is 16.0 Å². The van der Waals surface area contributed by atoms with Crippen molar-refractivity contribution in [2.24, 2.45) is 0 Å². The van der Waals surface area contributed by atoms with Gasteiger partial charge in [-0.15, -0.1) is 0 Å². The molecule has 3 aromatic heterocycles. The summed E-state index contributed by atoms with van der Waals surface area (Å²) in [5, 5.41) is 50.8. The van der Waals surface area contributed by atoms with E-state index in [0.717, 1.165) is 37.0 Å². The molecule has 0 aliphatic heterocycles. The lowest BCUT2D eigenvalue weighted by molar-refractivity contribution is -0.585. The van der Waals surface area contributed by atoms with Gasteiger partial charge < -0.3 is 44.5 Å². The molecule has 18 nitrogen and oxygen atoms in total. The van der Waals surface area contributed by atoms with Gasteiger partial charge in [0.25, 0.3) is 23.3 Å². The third-order valence-electron chi connectivity index (χ3n) is 7.31. The van der Waals surface area contributed by atoms with Crippen LogP contribution in [0.2, 0.25) is 0 Å². The molecule has 0 spiro atoms. The molecule has 46 heavy (non-hydrogen) atoms. The van der Waals surface area contributed by atoms with Crippen molar-refractivity contribution in [3.05, 3.63) is 95.1 Å². The molecule has 3 heterocycles. The Balaban J connectivity index is 2.23. The average Bonchev–Trinajstić information content (AvgIpc) is 3.02. The van der Waals surface area contributed by atoms with Gasteiger partial charge in [-0.2, -0.15) is 0 Å². The molecule has 0 saturated heterocycles. The minimum Gasteiger partial charge on any atom is -0.501 e. The first-order valence-electron chi connectivity index (χ1n) is 13.7. The molecule has 0 saturated carbocycles. The topological polar surface area (TPSA) is 282 Å². The summed E-state index contributed by atoms with van der Waals surface area (Å²) in [5.74, 6) is -9.74. The fourth-order valence-corrected chi connectivity index (χ4v) is 5.13. The molecule has 0 bridgehead atoms. The van der Waals surface area contributed by atoms with E-state index in [9.17, 15) is 54.2 Å². The SMILES string of the molecule is CCC(NC(=O)c1occc(=O)c1O)C(C(CC)NC(=O)c1occc(=O)c1O)(C(CC)NC(=O)c1occc(=O)c1O)[N+](=O)[O-]. The Kier molecular flexibility index (Phi) is 10.7. The smallest absolute Gasteiger partial charge is 0.291 e.